The Balaban J connectivity index is 1.43. The van der Waals surface area contributed by atoms with E-state index < -0.39 is 28.9 Å². The van der Waals surface area contributed by atoms with Crippen molar-refractivity contribution in [1.82, 2.24) is 40.6 Å². The number of methoxy groups -OCH3 is 1. The summed E-state index contributed by atoms with van der Waals surface area (Å²) in [6, 6.07) is 0. The van der Waals surface area contributed by atoms with Crippen molar-refractivity contribution in [3.05, 3.63) is 22.6 Å². The first-order chi connectivity index (χ1) is 15.9. The molecular formula is C16H18N8O5S4. The number of carboxylic acid groups (broad SMARTS) is 1. The summed E-state index contributed by atoms with van der Waals surface area (Å²) >= 11 is 5.39. The van der Waals surface area contributed by atoms with E-state index in [9.17, 15) is 19.5 Å². The van der Waals surface area contributed by atoms with Gasteiger partial charge in [-0.1, -0.05) is 23.1 Å². The zero-order chi connectivity index (χ0) is 23.6. The number of thioether (sulfide) groups is 3. The van der Waals surface area contributed by atoms with Crippen LogP contribution in [0.3, 0.4) is 0 Å². The highest BCUT2D eigenvalue weighted by molar-refractivity contribution is 8.02. The number of aromatic nitrogens is 6. The van der Waals surface area contributed by atoms with Gasteiger partial charge in [0.25, 0.3) is 11.6 Å². The summed E-state index contributed by atoms with van der Waals surface area (Å²) < 4.78 is 7.63. The van der Waals surface area contributed by atoms with Gasteiger partial charge in [-0.25, -0.2) is 9.48 Å². The van der Waals surface area contributed by atoms with Crippen LogP contribution in [-0.4, -0.2) is 93.7 Å². The lowest BCUT2D eigenvalue weighted by Gasteiger charge is -2.55. The van der Waals surface area contributed by atoms with Crippen LogP contribution in [0.15, 0.2) is 21.9 Å². The molecule has 2 aromatic heterocycles. The molecule has 2 atom stereocenters. The number of nitrogens with zero attached hydrogens (tertiary/aromatic N) is 7. The second-order valence-electron chi connectivity index (χ2n) is 6.79. The largest absolute Gasteiger partial charge is 0.477 e. The molecule has 2 aliphatic heterocycles. The number of hydrogen-bond donors (Lipinski definition) is 2. The molecule has 2 N–H and O–H groups in total. The van der Waals surface area contributed by atoms with Crippen molar-refractivity contribution < 1.29 is 24.2 Å². The molecule has 0 bridgehead atoms. The third-order valence-electron chi connectivity index (χ3n) is 4.69. The van der Waals surface area contributed by atoms with E-state index in [0.717, 1.165) is 9.35 Å². The van der Waals surface area contributed by atoms with Gasteiger partial charge >= 0.3 is 5.97 Å². The van der Waals surface area contributed by atoms with E-state index in [0.29, 0.717) is 23.0 Å². The minimum atomic E-state index is -1.62. The van der Waals surface area contributed by atoms with Crippen LogP contribution in [0.4, 0.5) is 0 Å². The van der Waals surface area contributed by atoms with Gasteiger partial charge in [0.15, 0.2) is 4.34 Å². The van der Waals surface area contributed by atoms with Gasteiger partial charge in [-0.15, -0.1) is 38.8 Å². The smallest absolute Gasteiger partial charge is 0.352 e. The number of carbonyl (C=O) groups excluding carboxylic acids is 2. The molecule has 2 unspecified atom stereocenters. The molecule has 4 rings (SSSR count). The monoisotopic (exact) mass is 530 g/mol. The van der Waals surface area contributed by atoms with Crippen LogP contribution < -0.4 is 5.32 Å². The fourth-order valence-corrected chi connectivity index (χ4v) is 7.30. The Bertz CT molecular complexity index is 1090. The summed E-state index contributed by atoms with van der Waals surface area (Å²) in [7, 11) is 1.32. The van der Waals surface area contributed by atoms with E-state index in [-0.39, 0.29) is 11.4 Å². The summed E-state index contributed by atoms with van der Waals surface area (Å²) in [6.45, 7) is 1.84. The van der Waals surface area contributed by atoms with Crippen LogP contribution in [0, 0.1) is 6.92 Å². The van der Waals surface area contributed by atoms with E-state index in [4.69, 9.17) is 4.74 Å². The molecule has 1 fully saturated rings. The summed E-state index contributed by atoms with van der Waals surface area (Å²) in [5.41, 5.74) is -1.09. The minimum Gasteiger partial charge on any atom is -0.477 e. The molecule has 0 radical (unpaired) electrons. The molecule has 0 spiro atoms. The van der Waals surface area contributed by atoms with Crippen molar-refractivity contribution in [2.75, 3.05) is 24.4 Å². The normalized spacial score (nSPS) is 22.2. The topological polar surface area (TPSA) is 165 Å². The van der Waals surface area contributed by atoms with Crippen molar-refractivity contribution in [2.24, 2.45) is 0 Å². The van der Waals surface area contributed by atoms with Crippen LogP contribution in [-0.2, 0) is 25.0 Å². The van der Waals surface area contributed by atoms with Crippen molar-refractivity contribution >= 4 is 64.4 Å². The number of amides is 2. The van der Waals surface area contributed by atoms with Crippen LogP contribution in [0.25, 0.3) is 0 Å². The Morgan fingerprint density at radius 2 is 2.24 bits per heavy atom. The van der Waals surface area contributed by atoms with Crippen LogP contribution >= 0.6 is 46.6 Å². The molecule has 1 saturated heterocycles. The third kappa shape index (κ3) is 4.72. The number of β-lactam (4-membered cyclic amide) rings is 1. The summed E-state index contributed by atoms with van der Waals surface area (Å²) in [5, 5.41) is 31.3. The van der Waals surface area contributed by atoms with Crippen LogP contribution in [0.1, 0.15) is 5.01 Å². The number of aliphatic carboxylic acids is 1. The van der Waals surface area contributed by atoms with Crippen molar-refractivity contribution in [2.45, 2.75) is 28.2 Å². The van der Waals surface area contributed by atoms with E-state index in [2.05, 4.69) is 31.0 Å². The van der Waals surface area contributed by atoms with Gasteiger partial charge in [0.2, 0.25) is 5.91 Å². The molecule has 2 aliphatic rings. The predicted octanol–water partition coefficient (Wildman–Crippen LogP) is 0.0287. The summed E-state index contributed by atoms with van der Waals surface area (Å²) in [5.74, 6) is -1.11. The third-order valence-corrected chi connectivity index (χ3v) is 9.03. The van der Waals surface area contributed by atoms with Crippen LogP contribution in [0.5, 0.6) is 0 Å². The predicted molar refractivity (Wildman–Crippen MR) is 121 cm³/mol. The lowest BCUT2D eigenvalue weighted by Crippen LogP contribution is -2.80. The average molecular weight is 531 g/mol. The maximum absolute atomic E-state index is 13.1. The highest BCUT2D eigenvalue weighted by Gasteiger charge is 2.66. The molecule has 0 saturated carbocycles. The number of fused-ring (bicyclic) bond motifs is 1. The van der Waals surface area contributed by atoms with Gasteiger partial charge in [-0.2, -0.15) is 0 Å². The number of aryl methyl sites for hydroxylation is 1. The Morgan fingerprint density at radius 1 is 1.42 bits per heavy atom. The van der Waals surface area contributed by atoms with E-state index >= 15 is 0 Å². The fourth-order valence-electron chi connectivity index (χ4n) is 3.25. The zero-order valence-electron chi connectivity index (χ0n) is 17.3. The summed E-state index contributed by atoms with van der Waals surface area (Å²) in [4.78, 5) is 38.8. The SMILES string of the molecule is COC1(NC(=O)CSCn2cnnn2)C(=O)N2C(C(=O)O)=C(CSc3nnc(C)s3)CSC21. The van der Waals surface area contributed by atoms with Crippen molar-refractivity contribution in [3.63, 3.8) is 0 Å². The van der Waals surface area contributed by atoms with Gasteiger partial charge in [0.05, 0.1) is 11.6 Å². The maximum atomic E-state index is 13.1. The minimum absolute atomic E-state index is 0.0421. The molecule has 17 heteroatoms. The van der Waals surface area contributed by atoms with Gasteiger partial charge in [0, 0.05) is 18.6 Å². The van der Waals surface area contributed by atoms with Crippen LogP contribution in [0.2, 0.25) is 0 Å². The molecule has 0 aliphatic carbocycles. The number of carbonyl (C=O) groups is 3. The Kier molecular flexibility index (Phi) is 7.22. The average Bonchev–Trinajstić information content (AvgIpc) is 3.46. The highest BCUT2D eigenvalue weighted by atomic mass is 32.2. The molecular weight excluding hydrogens is 512 g/mol. The quantitative estimate of drug-likeness (QED) is 0.240. The number of carboxylic acids is 1. The molecule has 13 nitrogen and oxygen atoms in total. The second-order valence-corrected chi connectivity index (χ2v) is 11.2. The lowest BCUT2D eigenvalue weighted by atomic mass is 9.98. The Labute approximate surface area is 204 Å². The zero-order valence-corrected chi connectivity index (χ0v) is 20.6. The Morgan fingerprint density at radius 3 is 2.88 bits per heavy atom. The van der Waals surface area contributed by atoms with E-state index in [1.54, 1.807) is 0 Å². The number of tetrazole rings is 1. The maximum Gasteiger partial charge on any atom is 0.352 e. The summed E-state index contributed by atoms with van der Waals surface area (Å²) in [6.07, 6.45) is 1.43. The number of nitrogens with one attached hydrogen (secondary N) is 1. The number of rotatable bonds is 10. The Hall–Kier alpha value is -2.21. The first-order valence-corrected chi connectivity index (χ1v) is 13.3. The van der Waals surface area contributed by atoms with Crippen molar-refractivity contribution in [3.8, 4) is 0 Å². The molecule has 176 valence electrons. The fraction of sp³-hybridized carbons (Fsp3) is 0.500. The lowest BCUT2D eigenvalue weighted by molar-refractivity contribution is -0.192. The molecule has 2 amide bonds. The standard InChI is InChI=1S/C16H18N8O5S4/c1-8-19-20-15(33-8)32-4-9-3-31-14-16(29-2,13(28)24(14)11(9)12(26)27)18-10(25)5-30-7-23-6-17-21-22-23/h6,14H,3-5,7H2,1-2H3,(H,18,25)(H,26,27). The van der Waals surface area contributed by atoms with E-state index in [1.165, 1.54) is 69.6 Å². The number of ether oxygens (including phenoxy) is 1. The first-order valence-electron chi connectivity index (χ1n) is 9.34. The molecule has 0 aromatic carbocycles. The van der Waals surface area contributed by atoms with E-state index in [1.807, 2.05) is 6.92 Å². The van der Waals surface area contributed by atoms with Gasteiger partial charge in [-0.05, 0) is 22.9 Å². The number of hydrogen-bond acceptors (Lipinski definition) is 13. The highest BCUT2D eigenvalue weighted by Crippen LogP contribution is 2.47. The molecule has 4 heterocycles. The van der Waals surface area contributed by atoms with Gasteiger partial charge in [0.1, 0.15) is 22.4 Å². The molecule has 33 heavy (non-hydrogen) atoms. The van der Waals surface area contributed by atoms with Gasteiger partial charge in [-0.3, -0.25) is 14.5 Å². The molecule has 2 aromatic rings. The van der Waals surface area contributed by atoms with Crippen molar-refractivity contribution in [1.29, 1.82) is 0 Å². The second kappa shape index (κ2) is 9.96. The van der Waals surface area contributed by atoms with Gasteiger partial charge < -0.3 is 15.2 Å². The first kappa shape index (κ1) is 23.9.